The van der Waals surface area contributed by atoms with Crippen molar-refractivity contribution in [1.29, 1.82) is 0 Å². The van der Waals surface area contributed by atoms with Gasteiger partial charge < -0.3 is 5.32 Å². The van der Waals surface area contributed by atoms with Gasteiger partial charge in [-0.25, -0.2) is 0 Å². The van der Waals surface area contributed by atoms with E-state index >= 15 is 0 Å². The first kappa shape index (κ1) is 14.2. The third kappa shape index (κ3) is 4.48. The number of aryl methyl sites for hydroxylation is 1. The quantitative estimate of drug-likeness (QED) is 0.799. The Balaban J connectivity index is 0.000000921. The Morgan fingerprint density at radius 1 is 1.07 bits per heavy atom. The zero-order valence-electron chi connectivity index (χ0n) is 11.0. The first-order chi connectivity index (χ1) is 7.06. The van der Waals surface area contributed by atoms with Gasteiger partial charge >= 0.3 is 0 Å². The van der Waals surface area contributed by atoms with E-state index in [0.29, 0.717) is 0 Å². The Kier molecular flexibility index (Phi) is 6.26. The first-order valence-corrected chi connectivity index (χ1v) is 5.78. The molecule has 0 spiro atoms. The van der Waals surface area contributed by atoms with Crippen LogP contribution in [0.2, 0.25) is 0 Å². The number of nitrogens with one attached hydrogen (secondary N) is 1. The van der Waals surface area contributed by atoms with Crippen molar-refractivity contribution < 1.29 is 0 Å². The fraction of sp³-hybridized carbons (Fsp3) is 0.571. The Hall–Kier alpha value is -0.820. The molecular weight excluding hydrogens is 182 g/mol. The van der Waals surface area contributed by atoms with Crippen LogP contribution in [0, 0.1) is 6.92 Å². The minimum Gasteiger partial charge on any atom is -0.319 e. The smallest absolute Gasteiger partial charge is 0.00401 e. The fourth-order valence-corrected chi connectivity index (χ4v) is 1.55. The van der Waals surface area contributed by atoms with E-state index < -0.39 is 0 Å². The molecule has 0 radical (unpaired) electrons. The van der Waals surface area contributed by atoms with Gasteiger partial charge in [-0.15, -0.1) is 0 Å². The van der Waals surface area contributed by atoms with Crippen molar-refractivity contribution in [1.82, 2.24) is 5.32 Å². The average Bonchev–Trinajstić information content (AvgIpc) is 2.21. The third-order valence-corrected chi connectivity index (χ3v) is 2.45. The zero-order chi connectivity index (χ0) is 11.9. The summed E-state index contributed by atoms with van der Waals surface area (Å²) in [5, 5.41) is 3.22. The molecule has 1 aromatic rings. The van der Waals surface area contributed by atoms with Gasteiger partial charge in [-0.3, -0.25) is 0 Å². The first-order valence-electron chi connectivity index (χ1n) is 5.78. The highest BCUT2D eigenvalue weighted by atomic mass is 14.8. The standard InChI is InChI=1S/C12H19N.C2H6/c1-10-5-7-11(8-6-10)12(2,3)9-13-4;1-2/h5-8,13H,9H2,1-4H3;1-2H3. The van der Waals surface area contributed by atoms with Crippen molar-refractivity contribution in [2.24, 2.45) is 0 Å². The maximum atomic E-state index is 3.22. The molecule has 0 aliphatic carbocycles. The van der Waals surface area contributed by atoms with Crippen molar-refractivity contribution in [2.75, 3.05) is 13.6 Å². The minimum absolute atomic E-state index is 0.225. The summed E-state index contributed by atoms with van der Waals surface area (Å²) in [4.78, 5) is 0. The summed E-state index contributed by atoms with van der Waals surface area (Å²) in [5.74, 6) is 0. The molecule has 1 nitrogen and oxygen atoms in total. The molecule has 86 valence electrons. The van der Waals surface area contributed by atoms with Gasteiger partial charge in [0.15, 0.2) is 0 Å². The lowest BCUT2D eigenvalue weighted by molar-refractivity contribution is 0.494. The van der Waals surface area contributed by atoms with Crippen molar-refractivity contribution in [2.45, 2.75) is 40.0 Å². The topological polar surface area (TPSA) is 12.0 Å². The molecule has 0 amide bonds. The number of likely N-dealkylation sites (N-methyl/N-ethyl adjacent to an activating group) is 1. The lowest BCUT2D eigenvalue weighted by Crippen LogP contribution is -2.30. The van der Waals surface area contributed by atoms with Gasteiger partial charge in [0.25, 0.3) is 0 Å². The molecule has 15 heavy (non-hydrogen) atoms. The molecule has 1 aromatic carbocycles. The van der Waals surface area contributed by atoms with Gasteiger partial charge in [-0.05, 0) is 19.5 Å². The van der Waals surface area contributed by atoms with E-state index in [2.05, 4.69) is 50.4 Å². The van der Waals surface area contributed by atoms with Crippen LogP contribution in [0.3, 0.4) is 0 Å². The van der Waals surface area contributed by atoms with Crippen molar-refractivity contribution in [3.8, 4) is 0 Å². The lowest BCUT2D eigenvalue weighted by atomic mass is 9.84. The van der Waals surface area contributed by atoms with Crippen LogP contribution in [-0.2, 0) is 5.41 Å². The highest BCUT2D eigenvalue weighted by Gasteiger charge is 2.18. The van der Waals surface area contributed by atoms with E-state index in [-0.39, 0.29) is 5.41 Å². The third-order valence-electron chi connectivity index (χ3n) is 2.45. The van der Waals surface area contributed by atoms with Gasteiger partial charge in [0, 0.05) is 12.0 Å². The summed E-state index contributed by atoms with van der Waals surface area (Å²) < 4.78 is 0. The lowest BCUT2D eigenvalue weighted by Gasteiger charge is -2.24. The summed E-state index contributed by atoms with van der Waals surface area (Å²) in [6, 6.07) is 8.78. The largest absolute Gasteiger partial charge is 0.319 e. The van der Waals surface area contributed by atoms with Crippen LogP contribution in [-0.4, -0.2) is 13.6 Å². The number of rotatable bonds is 3. The second-order valence-corrected chi connectivity index (χ2v) is 4.28. The van der Waals surface area contributed by atoms with Crippen LogP contribution in [0.1, 0.15) is 38.8 Å². The second-order valence-electron chi connectivity index (χ2n) is 4.28. The van der Waals surface area contributed by atoms with Gasteiger partial charge in [0.1, 0.15) is 0 Å². The van der Waals surface area contributed by atoms with Crippen molar-refractivity contribution in [3.05, 3.63) is 35.4 Å². The normalized spacial score (nSPS) is 10.5. The van der Waals surface area contributed by atoms with E-state index in [1.807, 2.05) is 20.9 Å². The zero-order valence-corrected chi connectivity index (χ0v) is 11.0. The van der Waals surface area contributed by atoms with E-state index in [1.54, 1.807) is 0 Å². The van der Waals surface area contributed by atoms with Crippen LogP contribution < -0.4 is 5.32 Å². The SMILES string of the molecule is CC.CNCC(C)(C)c1ccc(C)cc1. The molecule has 0 atom stereocenters. The van der Waals surface area contributed by atoms with Crippen LogP contribution in [0.4, 0.5) is 0 Å². The van der Waals surface area contributed by atoms with E-state index in [9.17, 15) is 0 Å². The molecule has 0 saturated heterocycles. The van der Waals surface area contributed by atoms with Gasteiger partial charge in [0.05, 0.1) is 0 Å². The molecular formula is C14H25N. The Labute approximate surface area is 94.9 Å². The molecule has 0 aliphatic heterocycles. The molecule has 1 rings (SSSR count). The van der Waals surface area contributed by atoms with Crippen molar-refractivity contribution in [3.63, 3.8) is 0 Å². The number of benzene rings is 1. The Bertz CT molecular complexity index is 259. The van der Waals surface area contributed by atoms with Gasteiger partial charge in [0.2, 0.25) is 0 Å². The summed E-state index contributed by atoms with van der Waals surface area (Å²) in [6.45, 7) is 11.6. The molecule has 0 unspecified atom stereocenters. The molecule has 0 saturated carbocycles. The maximum absolute atomic E-state index is 3.22. The highest BCUT2D eigenvalue weighted by Crippen LogP contribution is 2.22. The molecule has 0 aromatic heterocycles. The fourth-order valence-electron chi connectivity index (χ4n) is 1.55. The Morgan fingerprint density at radius 3 is 1.93 bits per heavy atom. The molecule has 0 heterocycles. The molecule has 1 N–H and O–H groups in total. The van der Waals surface area contributed by atoms with Crippen molar-refractivity contribution >= 4 is 0 Å². The predicted molar refractivity (Wildman–Crippen MR) is 69.5 cm³/mol. The molecule has 1 heteroatoms. The van der Waals surface area contributed by atoms with Crippen LogP contribution in [0.15, 0.2) is 24.3 Å². The Morgan fingerprint density at radius 2 is 1.53 bits per heavy atom. The predicted octanol–water partition coefficient (Wildman–Crippen LogP) is 3.52. The monoisotopic (exact) mass is 207 g/mol. The molecule has 0 aliphatic rings. The van der Waals surface area contributed by atoms with Gasteiger partial charge in [-0.1, -0.05) is 57.5 Å². The van der Waals surface area contributed by atoms with Crippen LogP contribution >= 0.6 is 0 Å². The van der Waals surface area contributed by atoms with E-state index in [1.165, 1.54) is 11.1 Å². The van der Waals surface area contributed by atoms with Crippen LogP contribution in [0.25, 0.3) is 0 Å². The van der Waals surface area contributed by atoms with Crippen LogP contribution in [0.5, 0.6) is 0 Å². The molecule has 0 bridgehead atoms. The summed E-state index contributed by atoms with van der Waals surface area (Å²) >= 11 is 0. The summed E-state index contributed by atoms with van der Waals surface area (Å²) in [6.07, 6.45) is 0. The number of hydrogen-bond acceptors (Lipinski definition) is 1. The minimum atomic E-state index is 0.225. The maximum Gasteiger partial charge on any atom is 0.00401 e. The summed E-state index contributed by atoms with van der Waals surface area (Å²) in [7, 11) is 2.00. The highest BCUT2D eigenvalue weighted by molar-refractivity contribution is 5.27. The molecule has 0 fully saturated rings. The van der Waals surface area contributed by atoms with Gasteiger partial charge in [-0.2, -0.15) is 0 Å². The van der Waals surface area contributed by atoms with E-state index in [4.69, 9.17) is 0 Å². The number of hydrogen-bond donors (Lipinski definition) is 1. The van der Waals surface area contributed by atoms with E-state index in [0.717, 1.165) is 6.54 Å². The second kappa shape index (κ2) is 6.62. The average molecular weight is 207 g/mol. The summed E-state index contributed by atoms with van der Waals surface area (Å²) in [5.41, 5.74) is 2.94.